The van der Waals surface area contributed by atoms with Gasteiger partial charge in [-0.2, -0.15) is 0 Å². The smallest absolute Gasteiger partial charge is 0.227 e. The van der Waals surface area contributed by atoms with E-state index in [1.807, 2.05) is 18.2 Å². The van der Waals surface area contributed by atoms with Crippen molar-refractivity contribution in [2.45, 2.75) is 20.0 Å². The van der Waals surface area contributed by atoms with Crippen molar-refractivity contribution in [1.29, 1.82) is 0 Å². The average Bonchev–Trinajstić information content (AvgIpc) is 2.86. The third-order valence-electron chi connectivity index (χ3n) is 6.99. The molecule has 3 heterocycles. The Bertz CT molecular complexity index is 1250. The Balaban J connectivity index is 1.22. The van der Waals surface area contributed by atoms with Crippen molar-refractivity contribution < 1.29 is 23.0 Å². The zero-order valence-electron chi connectivity index (χ0n) is 21.5. The molecule has 1 aromatic heterocycles. The number of aryl methyl sites for hydroxylation is 1. The molecule has 3 aromatic rings. The summed E-state index contributed by atoms with van der Waals surface area (Å²) in [4.78, 5) is 13.2. The molecule has 2 fully saturated rings. The van der Waals surface area contributed by atoms with E-state index in [1.54, 1.807) is 14.0 Å². The number of likely N-dealkylation sites (tertiary alicyclic amines) is 1. The van der Waals surface area contributed by atoms with Crippen LogP contribution in [0, 0.1) is 17.0 Å². The van der Waals surface area contributed by atoms with Crippen molar-refractivity contribution in [3.8, 4) is 17.2 Å². The Morgan fingerprint density at radius 1 is 0.973 bits per heavy atom. The summed E-state index contributed by atoms with van der Waals surface area (Å²) in [6.45, 7) is 5.84. The van der Waals surface area contributed by atoms with Crippen molar-refractivity contribution in [2.24, 2.45) is 5.41 Å². The molecule has 0 amide bonds. The number of ether oxygens (including phenoxy) is 3. The first-order valence-corrected chi connectivity index (χ1v) is 12.2. The average molecular weight is 512 g/mol. The molecule has 2 aliphatic heterocycles. The molecule has 2 aliphatic rings. The molecule has 0 unspecified atom stereocenters. The van der Waals surface area contributed by atoms with Crippen molar-refractivity contribution >= 4 is 17.3 Å². The Labute approximate surface area is 215 Å². The molecule has 8 nitrogen and oxygen atoms in total. The van der Waals surface area contributed by atoms with Crippen LogP contribution in [0.1, 0.15) is 18.1 Å². The maximum atomic E-state index is 14.7. The fourth-order valence-electron chi connectivity index (χ4n) is 5.25. The van der Waals surface area contributed by atoms with E-state index in [-0.39, 0.29) is 23.7 Å². The lowest BCUT2D eigenvalue weighted by Gasteiger charge is -2.60. The number of nitrogens with zero attached hydrogens (tertiary/aromatic N) is 4. The highest BCUT2D eigenvalue weighted by molar-refractivity contribution is 5.68. The van der Waals surface area contributed by atoms with Crippen LogP contribution in [0.4, 0.5) is 26.1 Å². The summed E-state index contributed by atoms with van der Waals surface area (Å²) in [5.74, 6) is -0.00580. The third-order valence-corrected chi connectivity index (χ3v) is 6.99. The van der Waals surface area contributed by atoms with Gasteiger partial charge in [-0.25, -0.2) is 18.7 Å². The van der Waals surface area contributed by atoms with Crippen LogP contribution >= 0.6 is 0 Å². The van der Waals surface area contributed by atoms with E-state index < -0.39 is 11.6 Å². The van der Waals surface area contributed by atoms with Gasteiger partial charge in [0.25, 0.3) is 0 Å². The minimum absolute atomic E-state index is 0.0154. The molecule has 2 aromatic carbocycles. The zero-order chi connectivity index (χ0) is 26.2. The standard InChI is InChI=1S/C27H31F2N5O3/c1-5-17-8-23(36-4)25(29)20(24(17)28)12-37-19-10-30-26(31-11-19)32-18-6-7-21(22(9-18)35-3)34-15-27(16-34)13-33(2)14-27/h6-11H,5,12-16H2,1-4H3,(H,30,31,32). The van der Waals surface area contributed by atoms with E-state index in [1.165, 1.54) is 25.6 Å². The minimum Gasteiger partial charge on any atom is -0.495 e. The molecule has 0 bridgehead atoms. The lowest BCUT2D eigenvalue weighted by Crippen LogP contribution is -2.71. The molecule has 0 radical (unpaired) electrons. The minimum atomic E-state index is -0.776. The maximum absolute atomic E-state index is 14.7. The maximum Gasteiger partial charge on any atom is 0.227 e. The molecule has 2 saturated heterocycles. The zero-order valence-corrected chi connectivity index (χ0v) is 21.5. The summed E-state index contributed by atoms with van der Waals surface area (Å²) in [6.07, 6.45) is 3.31. The van der Waals surface area contributed by atoms with Crippen LogP contribution < -0.4 is 24.4 Å². The van der Waals surface area contributed by atoms with Gasteiger partial charge in [0.2, 0.25) is 5.95 Å². The van der Waals surface area contributed by atoms with Gasteiger partial charge >= 0.3 is 0 Å². The molecule has 1 N–H and O–H groups in total. The second-order valence-electron chi connectivity index (χ2n) is 9.77. The van der Waals surface area contributed by atoms with Crippen LogP contribution in [0.15, 0.2) is 36.7 Å². The quantitative estimate of drug-likeness (QED) is 0.453. The molecular formula is C27H31F2N5O3. The lowest BCUT2D eigenvalue weighted by molar-refractivity contribution is -0.00258. The van der Waals surface area contributed by atoms with E-state index in [2.05, 4.69) is 32.1 Å². The van der Waals surface area contributed by atoms with Gasteiger partial charge in [-0.1, -0.05) is 6.92 Å². The first-order chi connectivity index (χ1) is 17.8. The van der Waals surface area contributed by atoms with Gasteiger partial charge in [-0.15, -0.1) is 0 Å². The summed E-state index contributed by atoms with van der Waals surface area (Å²) in [6, 6.07) is 7.28. The van der Waals surface area contributed by atoms with Crippen LogP contribution in [-0.2, 0) is 13.0 Å². The first-order valence-electron chi connectivity index (χ1n) is 12.2. The predicted molar refractivity (Wildman–Crippen MR) is 137 cm³/mol. The first kappa shape index (κ1) is 25.0. The number of aromatic nitrogens is 2. The SMILES string of the molecule is CCc1cc(OC)c(F)c(COc2cnc(Nc3ccc(N4CC5(CN(C)C5)C4)c(OC)c3)nc2)c1F. The van der Waals surface area contributed by atoms with E-state index in [4.69, 9.17) is 14.2 Å². The molecule has 37 heavy (non-hydrogen) atoms. The Hall–Kier alpha value is -3.66. The number of methoxy groups -OCH3 is 2. The van der Waals surface area contributed by atoms with Crippen molar-refractivity contribution in [1.82, 2.24) is 14.9 Å². The van der Waals surface area contributed by atoms with Gasteiger partial charge in [-0.3, -0.25) is 0 Å². The summed E-state index contributed by atoms with van der Waals surface area (Å²) < 4.78 is 45.5. The molecule has 0 atom stereocenters. The number of nitrogens with one attached hydrogen (secondary N) is 1. The molecular weight excluding hydrogens is 480 g/mol. The third kappa shape index (κ3) is 4.85. The molecule has 1 spiro atoms. The predicted octanol–water partition coefficient (Wildman–Crippen LogP) is 4.41. The van der Waals surface area contributed by atoms with E-state index in [0.29, 0.717) is 23.3 Å². The number of hydrogen-bond acceptors (Lipinski definition) is 8. The van der Waals surface area contributed by atoms with Crippen LogP contribution in [-0.4, -0.2) is 62.3 Å². The Morgan fingerprint density at radius 2 is 1.68 bits per heavy atom. The van der Waals surface area contributed by atoms with Gasteiger partial charge in [0.05, 0.1) is 37.9 Å². The van der Waals surface area contributed by atoms with Crippen molar-refractivity contribution in [3.63, 3.8) is 0 Å². The largest absolute Gasteiger partial charge is 0.495 e. The van der Waals surface area contributed by atoms with Gasteiger partial charge in [0.15, 0.2) is 17.3 Å². The van der Waals surface area contributed by atoms with Crippen LogP contribution in [0.2, 0.25) is 0 Å². The van der Waals surface area contributed by atoms with Crippen molar-refractivity contribution in [3.05, 3.63) is 59.4 Å². The van der Waals surface area contributed by atoms with Gasteiger partial charge < -0.3 is 29.3 Å². The van der Waals surface area contributed by atoms with E-state index >= 15 is 0 Å². The number of rotatable bonds is 9. The summed E-state index contributed by atoms with van der Waals surface area (Å²) >= 11 is 0. The topological polar surface area (TPSA) is 72.0 Å². The highest BCUT2D eigenvalue weighted by Gasteiger charge is 2.50. The molecule has 196 valence electrons. The Kier molecular flexibility index (Phi) is 6.76. The van der Waals surface area contributed by atoms with Gasteiger partial charge in [-0.05, 0) is 37.2 Å². The lowest BCUT2D eigenvalue weighted by atomic mass is 9.73. The summed E-state index contributed by atoms with van der Waals surface area (Å²) in [5.41, 5.74) is 2.44. The summed E-state index contributed by atoms with van der Waals surface area (Å²) in [5, 5.41) is 3.16. The van der Waals surface area contributed by atoms with Crippen LogP contribution in [0.25, 0.3) is 0 Å². The number of benzene rings is 2. The van der Waals surface area contributed by atoms with Crippen molar-refractivity contribution in [2.75, 3.05) is 57.7 Å². The second-order valence-corrected chi connectivity index (χ2v) is 9.77. The van der Waals surface area contributed by atoms with E-state index in [9.17, 15) is 8.78 Å². The number of halogens is 2. The molecule has 5 rings (SSSR count). The fourth-order valence-corrected chi connectivity index (χ4v) is 5.25. The molecule has 0 saturated carbocycles. The van der Waals surface area contributed by atoms with Gasteiger partial charge in [0.1, 0.15) is 18.2 Å². The fraction of sp³-hybridized carbons (Fsp3) is 0.407. The Morgan fingerprint density at radius 3 is 2.30 bits per heavy atom. The number of hydrogen-bond donors (Lipinski definition) is 1. The normalized spacial score (nSPS) is 16.2. The number of anilines is 3. The highest BCUT2D eigenvalue weighted by atomic mass is 19.1. The second kappa shape index (κ2) is 10.0. The molecule has 10 heteroatoms. The van der Waals surface area contributed by atoms with Gasteiger partial charge in [0, 0.05) is 43.3 Å². The van der Waals surface area contributed by atoms with Crippen LogP contribution in [0.5, 0.6) is 17.2 Å². The monoisotopic (exact) mass is 511 g/mol. The van der Waals surface area contributed by atoms with E-state index in [0.717, 1.165) is 43.3 Å². The highest BCUT2D eigenvalue weighted by Crippen LogP contribution is 2.44. The summed E-state index contributed by atoms with van der Waals surface area (Å²) in [7, 11) is 5.16. The van der Waals surface area contributed by atoms with Crippen LogP contribution in [0.3, 0.4) is 0 Å². The molecule has 0 aliphatic carbocycles.